The molecule has 2 aromatic carbocycles. The van der Waals surface area contributed by atoms with Gasteiger partial charge in [-0.15, -0.1) is 0 Å². The summed E-state index contributed by atoms with van der Waals surface area (Å²) >= 11 is 0. The number of carbonyl (C=O) groups is 1. The third-order valence-electron chi connectivity index (χ3n) is 5.05. The number of hydrogen-bond donors (Lipinski definition) is 1. The molecule has 2 aliphatic rings. The van der Waals surface area contributed by atoms with Crippen molar-refractivity contribution in [2.24, 2.45) is 5.92 Å². The number of benzene rings is 2. The highest BCUT2D eigenvalue weighted by molar-refractivity contribution is 7.89. The molecular formula is C21H24N2O6S. The average Bonchev–Trinajstić information content (AvgIpc) is 3.13. The number of nitrogens with one attached hydrogen (secondary N) is 1. The molecule has 0 bridgehead atoms. The van der Waals surface area contributed by atoms with Crippen LogP contribution in [-0.2, 0) is 14.8 Å². The predicted octanol–water partition coefficient (Wildman–Crippen LogP) is 2.19. The highest BCUT2D eigenvalue weighted by Crippen LogP contribution is 2.32. The summed E-state index contributed by atoms with van der Waals surface area (Å²) in [6, 6.07) is 11.9. The number of hydrogen-bond acceptors (Lipinski definition) is 6. The first kappa shape index (κ1) is 20.5. The zero-order valence-corrected chi connectivity index (χ0v) is 17.5. The maximum Gasteiger partial charge on any atom is 0.240 e. The first-order chi connectivity index (χ1) is 14.5. The lowest BCUT2D eigenvalue weighted by atomic mass is 10.1. The Hall–Kier alpha value is -2.78. The van der Waals surface area contributed by atoms with Crippen molar-refractivity contribution in [1.29, 1.82) is 0 Å². The zero-order chi connectivity index (χ0) is 21.1. The Morgan fingerprint density at radius 3 is 2.57 bits per heavy atom. The van der Waals surface area contributed by atoms with Crippen molar-refractivity contribution in [2.75, 3.05) is 37.8 Å². The third-order valence-corrected chi connectivity index (χ3v) is 6.47. The second kappa shape index (κ2) is 8.53. The molecule has 9 heteroatoms. The molecule has 2 heterocycles. The molecule has 2 aliphatic heterocycles. The van der Waals surface area contributed by atoms with Gasteiger partial charge in [0.25, 0.3) is 0 Å². The van der Waals surface area contributed by atoms with Crippen LogP contribution in [-0.4, -0.2) is 47.2 Å². The normalized spacial score (nSPS) is 18.5. The van der Waals surface area contributed by atoms with Gasteiger partial charge < -0.3 is 19.1 Å². The Morgan fingerprint density at radius 1 is 1.10 bits per heavy atom. The van der Waals surface area contributed by atoms with Crippen LogP contribution in [0.3, 0.4) is 0 Å². The summed E-state index contributed by atoms with van der Waals surface area (Å²) in [5.74, 6) is 1.56. The minimum absolute atomic E-state index is 0.0253. The van der Waals surface area contributed by atoms with Crippen LogP contribution in [0, 0.1) is 5.92 Å². The van der Waals surface area contributed by atoms with Crippen LogP contribution >= 0.6 is 0 Å². The van der Waals surface area contributed by atoms with Crippen molar-refractivity contribution < 1.29 is 27.4 Å². The summed E-state index contributed by atoms with van der Waals surface area (Å²) in [7, 11) is -3.72. The van der Waals surface area contributed by atoms with Gasteiger partial charge in [-0.25, -0.2) is 13.1 Å². The second-order valence-corrected chi connectivity index (χ2v) is 8.93. The van der Waals surface area contributed by atoms with Crippen LogP contribution in [0.1, 0.15) is 13.3 Å². The van der Waals surface area contributed by atoms with E-state index in [1.54, 1.807) is 11.0 Å². The molecule has 4 rings (SSSR count). The molecular weight excluding hydrogens is 408 g/mol. The minimum atomic E-state index is -3.72. The number of anilines is 1. The van der Waals surface area contributed by atoms with Gasteiger partial charge in [-0.1, -0.05) is 0 Å². The average molecular weight is 432 g/mol. The molecule has 8 nitrogen and oxygen atoms in total. The van der Waals surface area contributed by atoms with Gasteiger partial charge in [-0.3, -0.25) is 4.79 Å². The molecule has 0 spiro atoms. The van der Waals surface area contributed by atoms with Crippen LogP contribution in [0.4, 0.5) is 5.69 Å². The van der Waals surface area contributed by atoms with E-state index in [0.717, 1.165) is 11.4 Å². The monoisotopic (exact) mass is 432 g/mol. The van der Waals surface area contributed by atoms with Crippen LogP contribution in [0.5, 0.6) is 17.2 Å². The van der Waals surface area contributed by atoms with E-state index >= 15 is 0 Å². The van der Waals surface area contributed by atoms with E-state index in [4.69, 9.17) is 14.2 Å². The molecule has 30 heavy (non-hydrogen) atoms. The highest BCUT2D eigenvalue weighted by atomic mass is 32.2. The van der Waals surface area contributed by atoms with E-state index in [1.807, 2.05) is 31.2 Å². The quantitative estimate of drug-likeness (QED) is 0.721. The maximum atomic E-state index is 12.7. The van der Waals surface area contributed by atoms with Crippen molar-refractivity contribution in [2.45, 2.75) is 18.2 Å². The number of sulfonamides is 1. The fourth-order valence-electron chi connectivity index (χ4n) is 3.56. The molecule has 1 amide bonds. The van der Waals surface area contributed by atoms with Crippen LogP contribution in [0.15, 0.2) is 47.4 Å². The summed E-state index contributed by atoms with van der Waals surface area (Å²) in [5, 5.41) is 0. The molecule has 160 valence electrons. The lowest BCUT2D eigenvalue weighted by Crippen LogP contribution is -2.31. The smallest absolute Gasteiger partial charge is 0.240 e. The number of nitrogens with zero attached hydrogens (tertiary/aromatic N) is 1. The van der Waals surface area contributed by atoms with Gasteiger partial charge in [0.2, 0.25) is 15.9 Å². The number of carbonyl (C=O) groups excluding carboxylic acids is 1. The topological polar surface area (TPSA) is 94.2 Å². The lowest BCUT2D eigenvalue weighted by Gasteiger charge is -2.19. The fraction of sp³-hybridized carbons (Fsp3) is 0.381. The molecule has 1 fully saturated rings. The molecule has 1 N–H and O–H groups in total. The molecule has 2 aromatic rings. The standard InChI is InChI=1S/C21H24N2O6S/c1-2-27-17-5-3-16(4-6-17)23-14-15(11-21(23)24)13-22-30(25,26)18-7-8-19-20(12-18)29-10-9-28-19/h3-8,12,15,22H,2,9-11,13-14H2,1H3/t15-/m1/s1. The van der Waals surface area contributed by atoms with Crippen LogP contribution < -0.4 is 23.8 Å². The van der Waals surface area contributed by atoms with Gasteiger partial charge in [-0.05, 0) is 49.2 Å². The van der Waals surface area contributed by atoms with Gasteiger partial charge in [-0.2, -0.15) is 0 Å². The largest absolute Gasteiger partial charge is 0.494 e. The number of ether oxygens (including phenoxy) is 3. The highest BCUT2D eigenvalue weighted by Gasteiger charge is 2.31. The summed E-state index contributed by atoms with van der Waals surface area (Å²) in [5.41, 5.74) is 0.778. The second-order valence-electron chi connectivity index (χ2n) is 7.16. The molecule has 0 saturated carbocycles. The molecule has 1 saturated heterocycles. The van der Waals surface area contributed by atoms with Crippen molar-refractivity contribution in [3.63, 3.8) is 0 Å². The fourth-order valence-corrected chi connectivity index (χ4v) is 4.69. The first-order valence-electron chi connectivity index (χ1n) is 9.89. The Morgan fingerprint density at radius 2 is 1.83 bits per heavy atom. The summed E-state index contributed by atoms with van der Waals surface area (Å²) in [4.78, 5) is 14.2. The summed E-state index contributed by atoms with van der Waals surface area (Å²) in [6.07, 6.45) is 0.289. The molecule has 0 aromatic heterocycles. The van der Waals surface area contributed by atoms with Gasteiger partial charge >= 0.3 is 0 Å². The zero-order valence-electron chi connectivity index (χ0n) is 16.7. The van der Waals surface area contributed by atoms with E-state index in [0.29, 0.717) is 37.9 Å². The van der Waals surface area contributed by atoms with Gasteiger partial charge in [0, 0.05) is 31.3 Å². The van der Waals surface area contributed by atoms with Crippen molar-refractivity contribution >= 4 is 21.6 Å². The van der Waals surface area contributed by atoms with Gasteiger partial charge in [0.1, 0.15) is 19.0 Å². The Bertz CT molecular complexity index is 1020. The molecule has 0 radical (unpaired) electrons. The molecule has 0 unspecified atom stereocenters. The van der Waals surface area contributed by atoms with Crippen molar-refractivity contribution in [3.05, 3.63) is 42.5 Å². The van der Waals surface area contributed by atoms with E-state index in [2.05, 4.69) is 4.72 Å². The van der Waals surface area contributed by atoms with E-state index in [1.165, 1.54) is 12.1 Å². The number of amides is 1. The Kier molecular flexibility index (Phi) is 5.83. The molecule has 1 atom stereocenters. The number of fused-ring (bicyclic) bond motifs is 1. The van der Waals surface area contributed by atoms with Gasteiger partial charge in [0.15, 0.2) is 11.5 Å². The SMILES string of the molecule is CCOc1ccc(N2C[C@@H](CNS(=O)(=O)c3ccc4c(c3)OCCO4)CC2=O)cc1. The van der Waals surface area contributed by atoms with Crippen molar-refractivity contribution in [3.8, 4) is 17.2 Å². The summed E-state index contributed by atoms with van der Waals surface area (Å²) < 4.78 is 44.3. The Labute approximate surface area is 175 Å². The third kappa shape index (κ3) is 4.36. The Balaban J connectivity index is 1.38. The van der Waals surface area contributed by atoms with Crippen LogP contribution in [0.2, 0.25) is 0 Å². The summed E-state index contributed by atoms with van der Waals surface area (Å²) in [6.45, 7) is 3.95. The van der Waals surface area contributed by atoms with Crippen LogP contribution in [0.25, 0.3) is 0 Å². The maximum absolute atomic E-state index is 12.7. The van der Waals surface area contributed by atoms with E-state index in [-0.39, 0.29) is 29.7 Å². The predicted molar refractivity (Wildman–Crippen MR) is 111 cm³/mol. The van der Waals surface area contributed by atoms with Gasteiger partial charge in [0.05, 0.1) is 11.5 Å². The first-order valence-corrected chi connectivity index (χ1v) is 11.4. The van der Waals surface area contributed by atoms with E-state index < -0.39 is 10.0 Å². The molecule has 0 aliphatic carbocycles. The number of rotatable bonds is 7. The van der Waals surface area contributed by atoms with E-state index in [9.17, 15) is 13.2 Å². The minimum Gasteiger partial charge on any atom is -0.494 e. The van der Waals surface area contributed by atoms with Crippen molar-refractivity contribution in [1.82, 2.24) is 4.72 Å². The lowest BCUT2D eigenvalue weighted by molar-refractivity contribution is -0.117.